The van der Waals surface area contributed by atoms with Crippen molar-refractivity contribution in [3.8, 4) is 22.5 Å². The molecular weight excluding hydrogens is 408 g/mol. The van der Waals surface area contributed by atoms with Gasteiger partial charge in [0.05, 0.1) is 16.9 Å². The molecule has 1 aliphatic carbocycles. The fraction of sp³-hybridized carbons (Fsp3) is 0.160. The number of hydrogen-bond donors (Lipinski definition) is 1. The Labute approximate surface area is 184 Å². The van der Waals surface area contributed by atoms with E-state index >= 15 is 0 Å². The van der Waals surface area contributed by atoms with Gasteiger partial charge in [-0.3, -0.25) is 4.99 Å². The molecule has 0 spiro atoms. The molecule has 2 aromatic carbocycles. The van der Waals surface area contributed by atoms with Crippen molar-refractivity contribution in [2.24, 2.45) is 4.99 Å². The first-order valence-corrected chi connectivity index (χ1v) is 10.1. The monoisotopic (exact) mass is 429 g/mol. The number of carbonyl (C=O) groups is 2. The SMILES string of the molecule is CCN=c1ccc2c(-c3cc(C(=O)[O-])ccc3C(=O)O)c3ccc(N(C)C)cc3oc-2c1. The van der Waals surface area contributed by atoms with Gasteiger partial charge >= 0.3 is 5.97 Å². The topological polar surface area (TPSA) is 106 Å². The van der Waals surface area contributed by atoms with Crippen molar-refractivity contribution in [1.29, 1.82) is 0 Å². The zero-order valence-corrected chi connectivity index (χ0v) is 17.9. The summed E-state index contributed by atoms with van der Waals surface area (Å²) in [6.07, 6.45) is 0. The van der Waals surface area contributed by atoms with Crippen LogP contribution in [0.25, 0.3) is 33.4 Å². The van der Waals surface area contributed by atoms with Crippen LogP contribution in [0.3, 0.4) is 0 Å². The Morgan fingerprint density at radius 3 is 2.47 bits per heavy atom. The minimum Gasteiger partial charge on any atom is -0.545 e. The highest BCUT2D eigenvalue weighted by Crippen LogP contribution is 2.42. The standard InChI is InChI=1S/C25H22N2O5/c1-4-26-15-6-9-18-21(12-15)32-22-13-16(27(2)3)7-10-19(22)23(18)20-11-14(24(28)29)5-8-17(20)25(30)31/h5-13H,4H2,1-3H3,(H,28,29)(H,30,31)/p-1. The van der Waals surface area contributed by atoms with Gasteiger partial charge in [-0.05, 0) is 54.4 Å². The number of benzene rings is 3. The highest BCUT2D eigenvalue weighted by atomic mass is 16.4. The van der Waals surface area contributed by atoms with Crippen molar-refractivity contribution < 1.29 is 24.2 Å². The van der Waals surface area contributed by atoms with E-state index in [1.807, 2.05) is 56.3 Å². The lowest BCUT2D eigenvalue weighted by Crippen LogP contribution is -2.22. The number of carbonyl (C=O) groups excluding carboxylic acids is 1. The van der Waals surface area contributed by atoms with E-state index in [2.05, 4.69) is 4.99 Å². The Bertz CT molecular complexity index is 1400. The fourth-order valence-corrected chi connectivity index (χ4v) is 3.78. The number of hydrogen-bond acceptors (Lipinski definition) is 6. The van der Waals surface area contributed by atoms with Gasteiger partial charge in [-0.1, -0.05) is 6.07 Å². The van der Waals surface area contributed by atoms with Gasteiger partial charge in [0.25, 0.3) is 0 Å². The molecule has 32 heavy (non-hydrogen) atoms. The first-order chi connectivity index (χ1) is 15.3. The summed E-state index contributed by atoms with van der Waals surface area (Å²) < 4.78 is 6.20. The van der Waals surface area contributed by atoms with Crippen LogP contribution in [0.1, 0.15) is 27.6 Å². The highest BCUT2D eigenvalue weighted by molar-refractivity contribution is 6.08. The van der Waals surface area contributed by atoms with E-state index in [1.54, 1.807) is 6.07 Å². The molecule has 0 radical (unpaired) electrons. The molecule has 4 rings (SSSR count). The molecule has 1 aliphatic heterocycles. The van der Waals surface area contributed by atoms with E-state index in [9.17, 15) is 19.8 Å². The summed E-state index contributed by atoms with van der Waals surface area (Å²) in [5, 5.41) is 22.8. The molecule has 1 N–H and O–H groups in total. The number of rotatable bonds is 5. The van der Waals surface area contributed by atoms with Crippen molar-refractivity contribution >= 4 is 28.6 Å². The summed E-state index contributed by atoms with van der Waals surface area (Å²) in [6.45, 7) is 2.54. The van der Waals surface area contributed by atoms with Crippen LogP contribution in [-0.2, 0) is 0 Å². The molecule has 0 saturated heterocycles. The van der Waals surface area contributed by atoms with E-state index < -0.39 is 11.9 Å². The van der Waals surface area contributed by atoms with E-state index in [0.717, 1.165) is 11.0 Å². The van der Waals surface area contributed by atoms with Gasteiger partial charge in [-0.25, -0.2) is 4.79 Å². The molecule has 0 unspecified atom stereocenters. The molecule has 162 valence electrons. The summed E-state index contributed by atoms with van der Waals surface area (Å²) >= 11 is 0. The fourth-order valence-electron chi connectivity index (χ4n) is 3.78. The molecular formula is C25H21N2O5-. The largest absolute Gasteiger partial charge is 0.545 e. The summed E-state index contributed by atoms with van der Waals surface area (Å²) in [7, 11) is 3.82. The second kappa shape index (κ2) is 8.19. The maximum Gasteiger partial charge on any atom is 0.336 e. The third kappa shape index (κ3) is 3.69. The molecule has 0 saturated carbocycles. The minimum absolute atomic E-state index is 0.0113. The average Bonchev–Trinajstić information content (AvgIpc) is 2.76. The molecule has 0 amide bonds. The molecule has 0 atom stereocenters. The first-order valence-electron chi connectivity index (χ1n) is 10.1. The predicted octanol–water partition coefficient (Wildman–Crippen LogP) is 3.25. The maximum atomic E-state index is 12.0. The van der Waals surface area contributed by atoms with E-state index in [-0.39, 0.29) is 16.7 Å². The van der Waals surface area contributed by atoms with E-state index in [1.165, 1.54) is 18.2 Å². The molecule has 2 aliphatic rings. The zero-order chi connectivity index (χ0) is 23.0. The zero-order valence-electron chi connectivity index (χ0n) is 17.9. The van der Waals surface area contributed by atoms with Crippen LogP contribution in [0.2, 0.25) is 0 Å². The van der Waals surface area contributed by atoms with Crippen molar-refractivity contribution in [2.45, 2.75) is 6.92 Å². The minimum atomic E-state index is -1.38. The number of aromatic carboxylic acids is 2. The number of nitrogens with zero attached hydrogens (tertiary/aromatic N) is 2. The van der Waals surface area contributed by atoms with Gasteiger partial charge in [0.1, 0.15) is 11.3 Å². The van der Waals surface area contributed by atoms with Crippen molar-refractivity contribution in [2.75, 3.05) is 25.5 Å². The summed E-state index contributed by atoms with van der Waals surface area (Å²) in [4.78, 5) is 29.9. The lowest BCUT2D eigenvalue weighted by atomic mass is 9.89. The molecule has 0 bridgehead atoms. The Morgan fingerprint density at radius 1 is 1.03 bits per heavy atom. The highest BCUT2D eigenvalue weighted by Gasteiger charge is 2.22. The van der Waals surface area contributed by atoms with Crippen LogP contribution in [0.15, 0.2) is 64.0 Å². The van der Waals surface area contributed by atoms with Gasteiger partial charge < -0.3 is 24.3 Å². The molecule has 0 fully saturated rings. The van der Waals surface area contributed by atoms with Crippen LogP contribution in [0.5, 0.6) is 0 Å². The van der Waals surface area contributed by atoms with Gasteiger partial charge in [0.15, 0.2) is 0 Å². The maximum absolute atomic E-state index is 12.0. The lowest BCUT2D eigenvalue weighted by molar-refractivity contribution is -0.255. The molecule has 0 aromatic heterocycles. The Hall–Kier alpha value is -4.13. The molecule has 7 nitrogen and oxygen atoms in total. The lowest BCUT2D eigenvalue weighted by Gasteiger charge is -2.19. The van der Waals surface area contributed by atoms with Crippen molar-refractivity contribution in [3.05, 3.63) is 71.1 Å². The quantitative estimate of drug-likeness (QED) is 0.488. The van der Waals surface area contributed by atoms with E-state index in [4.69, 9.17) is 4.42 Å². The average molecular weight is 429 g/mol. The molecule has 1 heterocycles. The third-order valence-corrected chi connectivity index (χ3v) is 5.30. The third-order valence-electron chi connectivity index (χ3n) is 5.30. The smallest absolute Gasteiger partial charge is 0.336 e. The summed E-state index contributed by atoms with van der Waals surface area (Å²) in [5.41, 5.74) is 2.85. The van der Waals surface area contributed by atoms with Gasteiger partial charge in [-0.15, -0.1) is 0 Å². The van der Waals surface area contributed by atoms with Gasteiger partial charge in [0, 0.05) is 55.0 Å². The molecule has 2 aromatic rings. The van der Waals surface area contributed by atoms with Crippen LogP contribution in [0, 0.1) is 0 Å². The first kappa shape index (κ1) is 21.1. The Kier molecular flexibility index (Phi) is 5.40. The number of carboxylic acids is 2. The van der Waals surface area contributed by atoms with Crippen LogP contribution >= 0.6 is 0 Å². The molecule has 7 heteroatoms. The van der Waals surface area contributed by atoms with Crippen molar-refractivity contribution in [3.63, 3.8) is 0 Å². The van der Waals surface area contributed by atoms with Crippen LogP contribution < -0.4 is 15.4 Å². The van der Waals surface area contributed by atoms with Crippen molar-refractivity contribution in [1.82, 2.24) is 0 Å². The second-order valence-electron chi connectivity index (χ2n) is 7.56. The second-order valence-corrected chi connectivity index (χ2v) is 7.56. The summed E-state index contributed by atoms with van der Waals surface area (Å²) in [5.74, 6) is -2.01. The Morgan fingerprint density at radius 2 is 1.81 bits per heavy atom. The number of anilines is 1. The van der Waals surface area contributed by atoms with E-state index in [0.29, 0.717) is 34.4 Å². The number of carboxylic acid groups (broad SMARTS) is 2. The van der Waals surface area contributed by atoms with Gasteiger partial charge in [0.2, 0.25) is 0 Å². The predicted molar refractivity (Wildman–Crippen MR) is 120 cm³/mol. The van der Waals surface area contributed by atoms with Crippen LogP contribution in [0.4, 0.5) is 5.69 Å². The van der Waals surface area contributed by atoms with Crippen LogP contribution in [-0.4, -0.2) is 37.7 Å². The normalized spacial score (nSPS) is 11.8. The Balaban J connectivity index is 2.18. The van der Waals surface area contributed by atoms with Gasteiger partial charge in [-0.2, -0.15) is 0 Å². The number of fused-ring (bicyclic) bond motifs is 2. The summed E-state index contributed by atoms with van der Waals surface area (Å²) in [6, 6.07) is 14.9.